The first-order chi connectivity index (χ1) is 12.0. The number of hydrogen-bond acceptors (Lipinski definition) is 6. The minimum atomic E-state index is -0.587. The fourth-order valence-corrected chi connectivity index (χ4v) is 3.68. The molecule has 1 unspecified atom stereocenters. The van der Waals surface area contributed by atoms with Crippen molar-refractivity contribution in [2.75, 3.05) is 12.0 Å². The third-order valence-corrected chi connectivity index (χ3v) is 5.00. The Morgan fingerprint density at radius 3 is 2.60 bits per heavy atom. The van der Waals surface area contributed by atoms with E-state index in [-0.39, 0.29) is 18.2 Å². The van der Waals surface area contributed by atoms with Gasteiger partial charge < -0.3 is 4.74 Å². The first-order valence-electron chi connectivity index (χ1n) is 7.58. The summed E-state index contributed by atoms with van der Waals surface area (Å²) in [5.41, 5.74) is 1.67. The van der Waals surface area contributed by atoms with E-state index in [1.165, 1.54) is 4.90 Å². The van der Waals surface area contributed by atoms with Crippen LogP contribution < -0.4 is 9.64 Å². The number of anilines is 1. The lowest BCUT2D eigenvalue weighted by atomic mass is 10.3. The van der Waals surface area contributed by atoms with Crippen LogP contribution in [0, 0.1) is 18.3 Å². The minimum Gasteiger partial charge on any atom is -0.497 e. The van der Waals surface area contributed by atoms with Crippen LogP contribution in [-0.4, -0.2) is 29.2 Å². The molecular weight excluding hydrogens is 338 g/mol. The van der Waals surface area contributed by atoms with Gasteiger partial charge in [0.05, 0.1) is 23.6 Å². The predicted octanol–water partition coefficient (Wildman–Crippen LogP) is 2.69. The summed E-state index contributed by atoms with van der Waals surface area (Å²) in [6.07, 6.45) is 0.0794. The van der Waals surface area contributed by atoms with Crippen molar-refractivity contribution in [3.8, 4) is 11.8 Å². The molecule has 1 aliphatic rings. The van der Waals surface area contributed by atoms with E-state index >= 15 is 0 Å². The van der Waals surface area contributed by atoms with Gasteiger partial charge in [-0.1, -0.05) is 11.8 Å². The quantitative estimate of drug-likeness (QED) is 0.786. The number of thioether (sulfide) groups is 1. The molecule has 2 heterocycles. The van der Waals surface area contributed by atoms with Crippen LogP contribution in [0.3, 0.4) is 0 Å². The molecule has 2 aromatic rings. The van der Waals surface area contributed by atoms with Crippen LogP contribution in [-0.2, 0) is 9.59 Å². The normalized spacial score (nSPS) is 16.8. The van der Waals surface area contributed by atoms with Crippen molar-refractivity contribution in [2.45, 2.75) is 23.6 Å². The van der Waals surface area contributed by atoms with E-state index in [0.717, 1.165) is 17.5 Å². The Bertz CT molecular complexity index is 874. The number of amides is 2. The maximum atomic E-state index is 12.7. The van der Waals surface area contributed by atoms with Gasteiger partial charge in [-0.2, -0.15) is 5.26 Å². The van der Waals surface area contributed by atoms with Crippen molar-refractivity contribution in [3.63, 3.8) is 0 Å². The van der Waals surface area contributed by atoms with E-state index in [2.05, 4.69) is 11.1 Å². The standard InChI is InChI=1S/C18H15N3O3S/c1-11-3-4-12(10-19)17(20-11)25-15-9-16(22)21(18(15)23)13-5-7-14(24-2)8-6-13/h3-8,15H,9H2,1-2H3. The van der Waals surface area contributed by atoms with E-state index in [1.807, 2.05) is 6.92 Å². The zero-order valence-electron chi connectivity index (χ0n) is 13.7. The van der Waals surface area contributed by atoms with Gasteiger partial charge in [0.2, 0.25) is 11.8 Å². The van der Waals surface area contributed by atoms with Gasteiger partial charge in [0.1, 0.15) is 16.8 Å². The Morgan fingerprint density at radius 2 is 1.96 bits per heavy atom. The first-order valence-corrected chi connectivity index (χ1v) is 8.46. The number of ether oxygens (including phenoxy) is 1. The number of nitrogens with zero attached hydrogens (tertiary/aromatic N) is 3. The largest absolute Gasteiger partial charge is 0.497 e. The molecule has 0 bridgehead atoms. The Morgan fingerprint density at radius 1 is 1.24 bits per heavy atom. The van der Waals surface area contributed by atoms with Crippen molar-refractivity contribution >= 4 is 29.3 Å². The van der Waals surface area contributed by atoms with Gasteiger partial charge in [-0.05, 0) is 43.3 Å². The van der Waals surface area contributed by atoms with E-state index in [0.29, 0.717) is 22.0 Å². The molecule has 126 valence electrons. The summed E-state index contributed by atoms with van der Waals surface area (Å²) in [6.45, 7) is 1.82. The number of pyridine rings is 1. The first kappa shape index (κ1) is 17.0. The van der Waals surface area contributed by atoms with Crippen molar-refractivity contribution in [1.82, 2.24) is 4.98 Å². The van der Waals surface area contributed by atoms with Crippen LogP contribution in [0.1, 0.15) is 17.7 Å². The average Bonchev–Trinajstić information content (AvgIpc) is 2.89. The van der Waals surface area contributed by atoms with Crippen molar-refractivity contribution in [2.24, 2.45) is 0 Å². The fourth-order valence-electron chi connectivity index (χ4n) is 2.54. The highest BCUT2D eigenvalue weighted by atomic mass is 32.2. The van der Waals surface area contributed by atoms with Crippen molar-refractivity contribution in [1.29, 1.82) is 5.26 Å². The summed E-state index contributed by atoms with van der Waals surface area (Å²) in [4.78, 5) is 30.5. The lowest BCUT2D eigenvalue weighted by Crippen LogP contribution is -2.31. The number of aromatic nitrogens is 1. The topological polar surface area (TPSA) is 83.3 Å². The Labute approximate surface area is 149 Å². The predicted molar refractivity (Wildman–Crippen MR) is 93.4 cm³/mol. The maximum Gasteiger partial charge on any atom is 0.247 e. The van der Waals surface area contributed by atoms with E-state index in [4.69, 9.17) is 4.74 Å². The Hall–Kier alpha value is -2.85. The second-order valence-corrected chi connectivity index (χ2v) is 6.68. The van der Waals surface area contributed by atoms with Crippen molar-refractivity contribution in [3.05, 3.63) is 47.7 Å². The third-order valence-electron chi connectivity index (χ3n) is 3.81. The molecule has 0 aliphatic carbocycles. The molecule has 25 heavy (non-hydrogen) atoms. The highest BCUT2D eigenvalue weighted by Gasteiger charge is 2.40. The van der Waals surface area contributed by atoms with Crippen LogP contribution >= 0.6 is 11.8 Å². The molecule has 0 spiro atoms. The van der Waals surface area contributed by atoms with E-state index in [9.17, 15) is 14.9 Å². The Balaban J connectivity index is 1.84. The van der Waals surface area contributed by atoms with Crippen LogP contribution in [0.5, 0.6) is 5.75 Å². The SMILES string of the molecule is COc1ccc(N2C(=O)CC(Sc3nc(C)ccc3C#N)C2=O)cc1. The fraction of sp³-hybridized carbons (Fsp3) is 0.222. The second kappa shape index (κ2) is 6.95. The van der Waals surface area contributed by atoms with Gasteiger partial charge in [0.15, 0.2) is 0 Å². The van der Waals surface area contributed by atoms with E-state index in [1.54, 1.807) is 43.5 Å². The minimum absolute atomic E-state index is 0.0794. The number of carbonyl (C=O) groups excluding carboxylic acids is 2. The number of methoxy groups -OCH3 is 1. The molecule has 0 saturated carbocycles. The van der Waals surface area contributed by atoms with Crippen LogP contribution in [0.2, 0.25) is 0 Å². The lowest BCUT2D eigenvalue weighted by Gasteiger charge is -2.15. The summed E-state index contributed by atoms with van der Waals surface area (Å²) >= 11 is 1.16. The molecule has 1 aromatic heterocycles. The van der Waals surface area contributed by atoms with Gasteiger partial charge in [-0.15, -0.1) is 0 Å². The van der Waals surface area contributed by atoms with Crippen molar-refractivity contribution < 1.29 is 14.3 Å². The molecule has 1 aromatic carbocycles. The van der Waals surface area contributed by atoms with Gasteiger partial charge in [0, 0.05) is 12.1 Å². The molecule has 0 N–H and O–H groups in total. The molecule has 1 fully saturated rings. The zero-order valence-corrected chi connectivity index (χ0v) is 14.5. The van der Waals surface area contributed by atoms with Gasteiger partial charge in [-0.25, -0.2) is 9.88 Å². The number of carbonyl (C=O) groups is 2. The summed E-state index contributed by atoms with van der Waals surface area (Å²) < 4.78 is 5.09. The summed E-state index contributed by atoms with van der Waals surface area (Å²) in [5, 5.41) is 9.09. The Kier molecular flexibility index (Phi) is 4.72. The summed E-state index contributed by atoms with van der Waals surface area (Å²) in [7, 11) is 1.55. The third kappa shape index (κ3) is 3.35. The molecule has 1 saturated heterocycles. The number of aryl methyl sites for hydroxylation is 1. The number of rotatable bonds is 4. The van der Waals surface area contributed by atoms with Gasteiger partial charge in [-0.3, -0.25) is 9.59 Å². The van der Waals surface area contributed by atoms with Gasteiger partial charge in [0.25, 0.3) is 0 Å². The molecule has 6 nitrogen and oxygen atoms in total. The summed E-state index contributed by atoms with van der Waals surface area (Å²) in [5.74, 6) is 0.0857. The van der Waals surface area contributed by atoms with Crippen LogP contribution in [0.25, 0.3) is 0 Å². The highest BCUT2D eigenvalue weighted by molar-refractivity contribution is 8.00. The zero-order chi connectivity index (χ0) is 18.0. The molecule has 1 aliphatic heterocycles. The monoisotopic (exact) mass is 353 g/mol. The highest BCUT2D eigenvalue weighted by Crippen LogP contribution is 2.35. The lowest BCUT2D eigenvalue weighted by molar-refractivity contribution is -0.121. The number of benzene rings is 1. The molecule has 1 atom stereocenters. The molecule has 7 heteroatoms. The maximum absolute atomic E-state index is 12.7. The number of imide groups is 1. The van der Waals surface area contributed by atoms with Crippen LogP contribution in [0.15, 0.2) is 41.4 Å². The molecule has 0 radical (unpaired) electrons. The average molecular weight is 353 g/mol. The number of hydrogen-bond donors (Lipinski definition) is 0. The van der Waals surface area contributed by atoms with Gasteiger partial charge >= 0.3 is 0 Å². The molecular formula is C18H15N3O3S. The number of nitriles is 1. The second-order valence-electron chi connectivity index (χ2n) is 5.49. The summed E-state index contributed by atoms with van der Waals surface area (Å²) in [6, 6.07) is 12.2. The molecule has 3 rings (SSSR count). The van der Waals surface area contributed by atoms with Crippen LogP contribution in [0.4, 0.5) is 5.69 Å². The molecule has 2 amide bonds. The van der Waals surface area contributed by atoms with E-state index < -0.39 is 5.25 Å². The smallest absolute Gasteiger partial charge is 0.247 e.